The zero-order valence-corrected chi connectivity index (χ0v) is 18.3. The Morgan fingerprint density at radius 2 is 1.89 bits per heavy atom. The summed E-state index contributed by atoms with van der Waals surface area (Å²) in [5, 5.41) is 10.1. The van der Waals surface area contributed by atoms with E-state index in [9.17, 15) is 5.11 Å². The summed E-state index contributed by atoms with van der Waals surface area (Å²) in [6.07, 6.45) is 5.99. The quantitative estimate of drug-likeness (QED) is 0.766. The number of rotatable bonds is 4. The Labute approximate surface area is 175 Å². The minimum Gasteiger partial charge on any atom is -0.390 e. The first-order valence-corrected chi connectivity index (χ1v) is 11.0. The van der Waals surface area contributed by atoms with Gasteiger partial charge in [0, 0.05) is 36.8 Å². The van der Waals surface area contributed by atoms with Crippen LogP contribution in [0.25, 0.3) is 0 Å². The lowest BCUT2D eigenvalue weighted by Gasteiger charge is -2.35. The molecule has 0 saturated carbocycles. The Balaban J connectivity index is 1.42. The first kappa shape index (κ1) is 19.6. The van der Waals surface area contributed by atoms with Gasteiger partial charge in [0.1, 0.15) is 5.82 Å². The van der Waals surface area contributed by atoms with Crippen LogP contribution >= 0.6 is 15.9 Å². The number of halogens is 1. The van der Waals surface area contributed by atoms with Crippen molar-refractivity contribution in [2.75, 3.05) is 29.4 Å². The summed E-state index contributed by atoms with van der Waals surface area (Å²) < 4.78 is 1.14. The van der Waals surface area contributed by atoms with E-state index in [-0.39, 0.29) is 0 Å². The normalized spacial score (nSPS) is 18.3. The van der Waals surface area contributed by atoms with Gasteiger partial charge in [0.2, 0.25) is 5.95 Å². The zero-order valence-electron chi connectivity index (χ0n) is 16.7. The third kappa shape index (κ3) is 4.66. The summed E-state index contributed by atoms with van der Waals surface area (Å²) in [7, 11) is 0. The molecule has 1 aromatic carbocycles. The largest absolute Gasteiger partial charge is 0.390 e. The summed E-state index contributed by atoms with van der Waals surface area (Å²) in [5.74, 6) is 2.44. The van der Waals surface area contributed by atoms with Gasteiger partial charge < -0.3 is 14.9 Å². The van der Waals surface area contributed by atoms with Crippen molar-refractivity contribution in [1.82, 2.24) is 9.97 Å². The topological polar surface area (TPSA) is 52.5 Å². The van der Waals surface area contributed by atoms with Gasteiger partial charge in [-0.15, -0.1) is 0 Å². The maximum absolute atomic E-state index is 10.1. The first-order valence-electron chi connectivity index (χ1n) is 10.2. The summed E-state index contributed by atoms with van der Waals surface area (Å²) in [6.45, 7) is 7.61. The molecule has 28 heavy (non-hydrogen) atoms. The smallest absolute Gasteiger partial charge is 0.227 e. The molecule has 6 heteroatoms. The molecule has 0 spiro atoms. The lowest BCUT2D eigenvalue weighted by Crippen LogP contribution is -2.37. The molecule has 0 amide bonds. The fraction of sp³-hybridized carbons (Fsp3) is 0.545. The predicted octanol–water partition coefficient (Wildman–Crippen LogP) is 4.18. The average molecular weight is 445 g/mol. The molecule has 0 radical (unpaired) electrons. The molecule has 1 fully saturated rings. The number of fused-ring (bicyclic) bond motifs is 1. The van der Waals surface area contributed by atoms with Gasteiger partial charge in [-0.25, -0.2) is 4.98 Å². The van der Waals surface area contributed by atoms with Crippen molar-refractivity contribution < 1.29 is 5.11 Å². The van der Waals surface area contributed by atoms with Crippen LogP contribution in [0, 0.1) is 5.92 Å². The Morgan fingerprint density at radius 3 is 2.64 bits per heavy atom. The van der Waals surface area contributed by atoms with Gasteiger partial charge in [-0.05, 0) is 74.8 Å². The number of benzene rings is 1. The van der Waals surface area contributed by atoms with Gasteiger partial charge in [-0.3, -0.25) is 0 Å². The second-order valence-electron chi connectivity index (χ2n) is 8.75. The number of anilines is 2. The van der Waals surface area contributed by atoms with Crippen molar-refractivity contribution in [3.63, 3.8) is 0 Å². The monoisotopic (exact) mass is 444 g/mol. The molecule has 150 valence electrons. The van der Waals surface area contributed by atoms with Crippen LogP contribution in [0.4, 0.5) is 11.8 Å². The van der Waals surface area contributed by atoms with Gasteiger partial charge in [0.25, 0.3) is 0 Å². The van der Waals surface area contributed by atoms with E-state index < -0.39 is 5.60 Å². The maximum atomic E-state index is 10.1. The highest BCUT2D eigenvalue weighted by Gasteiger charge is 2.26. The van der Waals surface area contributed by atoms with E-state index in [1.54, 1.807) is 0 Å². The minimum atomic E-state index is -0.574. The van der Waals surface area contributed by atoms with Crippen LogP contribution in [0.3, 0.4) is 0 Å². The van der Waals surface area contributed by atoms with E-state index in [0.29, 0.717) is 5.92 Å². The lowest BCUT2D eigenvalue weighted by atomic mass is 9.86. The van der Waals surface area contributed by atoms with Gasteiger partial charge >= 0.3 is 0 Å². The summed E-state index contributed by atoms with van der Waals surface area (Å²) >= 11 is 3.57. The van der Waals surface area contributed by atoms with Crippen LogP contribution in [-0.2, 0) is 13.0 Å². The molecule has 0 bridgehead atoms. The van der Waals surface area contributed by atoms with Gasteiger partial charge in [0.15, 0.2) is 0 Å². The number of nitrogens with zero attached hydrogens (tertiary/aromatic N) is 4. The molecule has 0 aliphatic carbocycles. The third-order valence-corrected chi connectivity index (χ3v) is 6.31. The van der Waals surface area contributed by atoms with Crippen molar-refractivity contribution in [2.45, 2.75) is 51.7 Å². The Bertz CT molecular complexity index is 828. The Morgan fingerprint density at radius 1 is 1.11 bits per heavy atom. The van der Waals surface area contributed by atoms with E-state index in [1.807, 2.05) is 26.1 Å². The molecular formula is C22H29BrN4O. The van der Waals surface area contributed by atoms with Crippen LogP contribution in [0.5, 0.6) is 0 Å². The Kier molecular flexibility index (Phi) is 5.61. The highest BCUT2D eigenvalue weighted by molar-refractivity contribution is 9.10. The predicted molar refractivity (Wildman–Crippen MR) is 117 cm³/mol. The van der Waals surface area contributed by atoms with Gasteiger partial charge in [-0.1, -0.05) is 22.0 Å². The van der Waals surface area contributed by atoms with Crippen LogP contribution < -0.4 is 9.80 Å². The number of aliphatic hydroxyl groups is 1. The van der Waals surface area contributed by atoms with Crippen LogP contribution in [-0.4, -0.2) is 40.3 Å². The zero-order chi connectivity index (χ0) is 19.7. The standard InChI is InChI=1S/C22H29BrN4O/c1-22(2,28)14-16-6-10-26(11-7-16)20-5-9-24-21(25-20)27-12-8-17-13-19(23)4-3-18(17)15-27/h3-5,9,13,16,28H,6-8,10-12,14-15H2,1-2H3. The molecule has 5 nitrogen and oxygen atoms in total. The van der Waals surface area contributed by atoms with E-state index >= 15 is 0 Å². The Hall–Kier alpha value is -1.66. The fourth-order valence-corrected chi connectivity index (χ4v) is 4.84. The molecular weight excluding hydrogens is 416 g/mol. The molecule has 1 saturated heterocycles. The molecule has 2 aliphatic rings. The second kappa shape index (κ2) is 7.99. The molecule has 2 aliphatic heterocycles. The first-order chi connectivity index (χ1) is 13.4. The van der Waals surface area contributed by atoms with Gasteiger partial charge in [-0.2, -0.15) is 4.98 Å². The maximum Gasteiger partial charge on any atom is 0.227 e. The highest BCUT2D eigenvalue weighted by atomic mass is 79.9. The SMILES string of the molecule is CC(C)(O)CC1CCN(c2ccnc(N3CCc4cc(Br)ccc4C3)n2)CC1. The highest BCUT2D eigenvalue weighted by Crippen LogP contribution is 2.29. The third-order valence-electron chi connectivity index (χ3n) is 5.82. The van der Waals surface area contributed by atoms with Crippen molar-refractivity contribution in [1.29, 1.82) is 0 Å². The minimum absolute atomic E-state index is 0.574. The van der Waals surface area contributed by atoms with E-state index in [1.165, 1.54) is 11.1 Å². The fourth-order valence-electron chi connectivity index (χ4n) is 4.43. The lowest BCUT2D eigenvalue weighted by molar-refractivity contribution is 0.0482. The van der Waals surface area contributed by atoms with E-state index in [4.69, 9.17) is 4.98 Å². The van der Waals surface area contributed by atoms with Crippen LogP contribution in [0.15, 0.2) is 34.9 Å². The molecule has 1 N–H and O–H groups in total. The molecule has 3 heterocycles. The van der Waals surface area contributed by atoms with Crippen molar-refractivity contribution in [3.05, 3.63) is 46.1 Å². The molecule has 4 rings (SSSR count). The summed E-state index contributed by atoms with van der Waals surface area (Å²) in [5.41, 5.74) is 2.20. The van der Waals surface area contributed by atoms with Gasteiger partial charge in [0.05, 0.1) is 5.60 Å². The average Bonchev–Trinajstić information content (AvgIpc) is 2.67. The molecule has 0 unspecified atom stereocenters. The van der Waals surface area contributed by atoms with Crippen LogP contribution in [0.1, 0.15) is 44.2 Å². The number of aromatic nitrogens is 2. The second-order valence-corrected chi connectivity index (χ2v) is 9.66. The summed E-state index contributed by atoms with van der Waals surface area (Å²) in [4.78, 5) is 14.1. The van der Waals surface area contributed by atoms with Crippen LogP contribution in [0.2, 0.25) is 0 Å². The molecule has 0 atom stereocenters. The number of piperidine rings is 1. The summed E-state index contributed by atoms with van der Waals surface area (Å²) in [6, 6.07) is 8.55. The van der Waals surface area contributed by atoms with Crippen molar-refractivity contribution >= 4 is 27.7 Å². The van der Waals surface area contributed by atoms with E-state index in [0.717, 1.165) is 68.1 Å². The number of hydrogen-bond acceptors (Lipinski definition) is 5. The van der Waals surface area contributed by atoms with E-state index in [2.05, 4.69) is 48.9 Å². The molecule has 1 aromatic heterocycles. The molecule has 2 aromatic rings. The number of hydrogen-bond donors (Lipinski definition) is 1. The van der Waals surface area contributed by atoms with Crippen molar-refractivity contribution in [3.8, 4) is 0 Å². The van der Waals surface area contributed by atoms with Crippen molar-refractivity contribution in [2.24, 2.45) is 5.92 Å².